The molecule has 0 bridgehead atoms. The molecule has 5 heteroatoms. The highest BCUT2D eigenvalue weighted by Gasteiger charge is 2.28. The monoisotopic (exact) mass is 166 g/mol. The molecule has 0 aromatic carbocycles. The summed E-state index contributed by atoms with van der Waals surface area (Å²) in [5, 5.41) is 12.9. The highest BCUT2D eigenvalue weighted by molar-refractivity contribution is 5.93. The van der Waals surface area contributed by atoms with Crippen LogP contribution < -0.4 is 0 Å². The van der Waals surface area contributed by atoms with Gasteiger partial charge < -0.3 is 5.11 Å². The first kappa shape index (κ1) is 7.30. The molecule has 0 aromatic rings. The molecular weight excluding hydrogens is 156 g/mol. The summed E-state index contributed by atoms with van der Waals surface area (Å²) in [4.78, 5) is 8.16. The molecule has 2 rings (SSSR count). The lowest BCUT2D eigenvalue weighted by molar-refractivity contribution is 0.00409. The van der Waals surface area contributed by atoms with Crippen molar-refractivity contribution in [2.45, 2.75) is 13.2 Å². The highest BCUT2D eigenvalue weighted by atomic mass is 16.3. The molecule has 0 radical (unpaired) electrons. The smallest absolute Gasteiger partial charge is 0.249 e. The van der Waals surface area contributed by atoms with Crippen molar-refractivity contribution < 1.29 is 5.11 Å². The molecule has 64 valence electrons. The van der Waals surface area contributed by atoms with Gasteiger partial charge in [-0.25, -0.2) is 15.0 Å². The molecule has 0 amide bonds. The topological polar surface area (TPSA) is 51.4 Å². The number of rotatable bonds is 0. The molecule has 5 nitrogen and oxygen atoms in total. The molecule has 12 heavy (non-hydrogen) atoms. The Kier molecular flexibility index (Phi) is 1.41. The van der Waals surface area contributed by atoms with Gasteiger partial charge in [0.15, 0.2) is 6.23 Å². The fourth-order valence-corrected chi connectivity index (χ4v) is 1.26. The standard InChI is InChI=1S/C7H10N4O/c1-5-3-6(12)11-7(9-5)8-4-10(11)2/h3-4,6,12H,1-2H3. The minimum absolute atomic E-state index is 0.546. The Balaban J connectivity index is 2.36. The number of hydrogen-bond acceptors (Lipinski definition) is 5. The highest BCUT2D eigenvalue weighted by Crippen LogP contribution is 2.17. The van der Waals surface area contributed by atoms with E-state index in [4.69, 9.17) is 0 Å². The Bertz CT molecular complexity index is 294. The summed E-state index contributed by atoms with van der Waals surface area (Å²) in [7, 11) is 1.81. The molecule has 2 heterocycles. The van der Waals surface area contributed by atoms with Gasteiger partial charge in [-0.2, -0.15) is 0 Å². The molecule has 0 aromatic heterocycles. The SMILES string of the molecule is CC1=CC(O)N2C(=N1)N=CN2C. The van der Waals surface area contributed by atoms with Crippen LogP contribution in [0.1, 0.15) is 6.92 Å². The summed E-state index contributed by atoms with van der Waals surface area (Å²) in [5.74, 6) is 0.546. The number of allylic oxidation sites excluding steroid dienone is 1. The quantitative estimate of drug-likeness (QED) is 0.540. The molecule has 1 N–H and O–H groups in total. The van der Waals surface area contributed by atoms with E-state index in [-0.39, 0.29) is 0 Å². The molecule has 2 aliphatic heterocycles. The fourth-order valence-electron chi connectivity index (χ4n) is 1.26. The van der Waals surface area contributed by atoms with Gasteiger partial charge >= 0.3 is 0 Å². The number of fused-ring (bicyclic) bond motifs is 1. The molecule has 1 unspecified atom stereocenters. The van der Waals surface area contributed by atoms with E-state index in [2.05, 4.69) is 9.98 Å². The summed E-state index contributed by atoms with van der Waals surface area (Å²) in [6.45, 7) is 1.83. The van der Waals surface area contributed by atoms with Gasteiger partial charge in [-0.15, -0.1) is 0 Å². The summed E-state index contributed by atoms with van der Waals surface area (Å²) >= 11 is 0. The normalized spacial score (nSPS) is 27.1. The van der Waals surface area contributed by atoms with Crippen molar-refractivity contribution in [3.8, 4) is 0 Å². The first-order valence-electron chi connectivity index (χ1n) is 3.70. The van der Waals surface area contributed by atoms with Crippen molar-refractivity contribution in [1.29, 1.82) is 0 Å². The van der Waals surface area contributed by atoms with Crippen LogP contribution in [0.3, 0.4) is 0 Å². The third kappa shape index (κ3) is 0.902. The van der Waals surface area contributed by atoms with Crippen molar-refractivity contribution in [3.63, 3.8) is 0 Å². The largest absolute Gasteiger partial charge is 0.368 e. The number of hydrazine groups is 1. The minimum Gasteiger partial charge on any atom is -0.368 e. The Morgan fingerprint density at radius 2 is 2.33 bits per heavy atom. The van der Waals surface area contributed by atoms with Crippen LogP contribution in [0, 0.1) is 0 Å². The van der Waals surface area contributed by atoms with E-state index in [0.29, 0.717) is 5.96 Å². The molecule has 0 fully saturated rings. The minimum atomic E-state index is -0.648. The zero-order chi connectivity index (χ0) is 8.72. The van der Waals surface area contributed by atoms with E-state index < -0.39 is 6.23 Å². The van der Waals surface area contributed by atoms with Gasteiger partial charge in [-0.3, -0.25) is 5.01 Å². The number of aliphatic imine (C=N–C) groups is 2. The summed E-state index contributed by atoms with van der Waals surface area (Å²) in [5.41, 5.74) is 0.793. The van der Waals surface area contributed by atoms with Crippen molar-refractivity contribution >= 4 is 12.3 Å². The third-order valence-corrected chi connectivity index (χ3v) is 1.80. The third-order valence-electron chi connectivity index (χ3n) is 1.80. The van der Waals surface area contributed by atoms with E-state index in [1.54, 1.807) is 22.4 Å². The van der Waals surface area contributed by atoms with Crippen LogP contribution in [-0.4, -0.2) is 40.7 Å². The second kappa shape index (κ2) is 2.31. The number of aliphatic hydroxyl groups is 1. The first-order chi connectivity index (χ1) is 5.68. The Labute approximate surface area is 70.3 Å². The van der Waals surface area contributed by atoms with Gasteiger partial charge in [-0.05, 0) is 13.0 Å². The number of nitrogens with zero attached hydrogens (tertiary/aromatic N) is 4. The molecule has 2 aliphatic rings. The van der Waals surface area contributed by atoms with Gasteiger partial charge in [-0.1, -0.05) is 0 Å². The number of guanidine groups is 1. The van der Waals surface area contributed by atoms with Crippen LogP contribution in [0.25, 0.3) is 0 Å². The Morgan fingerprint density at radius 3 is 3.08 bits per heavy atom. The fraction of sp³-hybridized carbons (Fsp3) is 0.429. The lowest BCUT2D eigenvalue weighted by Gasteiger charge is -2.30. The van der Waals surface area contributed by atoms with Crippen LogP contribution in [0.4, 0.5) is 0 Å². The average Bonchev–Trinajstić information content (AvgIpc) is 2.31. The van der Waals surface area contributed by atoms with Crippen molar-refractivity contribution in [1.82, 2.24) is 10.0 Å². The van der Waals surface area contributed by atoms with Crippen LogP contribution in [0.15, 0.2) is 21.8 Å². The van der Waals surface area contributed by atoms with Gasteiger partial charge in [0.2, 0.25) is 5.96 Å². The van der Waals surface area contributed by atoms with Crippen LogP contribution >= 0.6 is 0 Å². The zero-order valence-electron chi connectivity index (χ0n) is 6.97. The summed E-state index contributed by atoms with van der Waals surface area (Å²) < 4.78 is 0. The molecule has 0 saturated carbocycles. The maximum Gasteiger partial charge on any atom is 0.249 e. The van der Waals surface area contributed by atoms with Crippen molar-refractivity contribution in [2.75, 3.05) is 7.05 Å². The predicted octanol–water partition coefficient (Wildman–Crippen LogP) is -0.231. The van der Waals surface area contributed by atoms with E-state index in [1.165, 1.54) is 0 Å². The number of aliphatic hydroxyl groups excluding tert-OH is 1. The van der Waals surface area contributed by atoms with E-state index in [9.17, 15) is 5.11 Å². The predicted molar refractivity (Wildman–Crippen MR) is 45.3 cm³/mol. The van der Waals surface area contributed by atoms with Gasteiger partial charge in [0.05, 0.1) is 0 Å². The van der Waals surface area contributed by atoms with Crippen LogP contribution in [0.2, 0.25) is 0 Å². The number of hydrogen-bond donors (Lipinski definition) is 1. The second-order valence-corrected chi connectivity index (χ2v) is 2.80. The molecule has 0 aliphatic carbocycles. The maximum atomic E-state index is 9.57. The van der Waals surface area contributed by atoms with Gasteiger partial charge in [0.1, 0.15) is 6.34 Å². The first-order valence-corrected chi connectivity index (χ1v) is 3.70. The Hall–Kier alpha value is -1.36. The van der Waals surface area contributed by atoms with Crippen LogP contribution in [0.5, 0.6) is 0 Å². The van der Waals surface area contributed by atoms with E-state index in [1.807, 2.05) is 14.0 Å². The molecule has 0 saturated heterocycles. The van der Waals surface area contributed by atoms with Crippen molar-refractivity contribution in [2.24, 2.45) is 9.98 Å². The maximum absolute atomic E-state index is 9.57. The molecule has 0 spiro atoms. The molecular formula is C7H10N4O. The van der Waals surface area contributed by atoms with Gasteiger partial charge in [0.25, 0.3) is 0 Å². The van der Waals surface area contributed by atoms with Gasteiger partial charge in [0, 0.05) is 12.7 Å². The average molecular weight is 166 g/mol. The second-order valence-electron chi connectivity index (χ2n) is 2.80. The Morgan fingerprint density at radius 1 is 1.58 bits per heavy atom. The summed E-state index contributed by atoms with van der Waals surface area (Å²) in [6, 6.07) is 0. The van der Waals surface area contributed by atoms with Crippen LogP contribution in [-0.2, 0) is 0 Å². The molecule has 1 atom stereocenters. The lowest BCUT2D eigenvalue weighted by Crippen LogP contribution is -2.45. The van der Waals surface area contributed by atoms with Crippen molar-refractivity contribution in [3.05, 3.63) is 11.8 Å². The zero-order valence-corrected chi connectivity index (χ0v) is 6.97. The van der Waals surface area contributed by atoms with E-state index in [0.717, 1.165) is 5.70 Å². The van der Waals surface area contributed by atoms with E-state index >= 15 is 0 Å². The lowest BCUT2D eigenvalue weighted by atomic mass is 10.3. The summed E-state index contributed by atoms with van der Waals surface area (Å²) in [6.07, 6.45) is 2.65.